The van der Waals surface area contributed by atoms with E-state index in [1.807, 2.05) is 28.0 Å². The molecule has 3 atom stereocenters. The van der Waals surface area contributed by atoms with Crippen molar-refractivity contribution in [1.82, 2.24) is 9.80 Å². The number of halogens is 1. The molecule has 2 aliphatic heterocycles. The third-order valence-electron chi connectivity index (χ3n) is 5.05. The van der Waals surface area contributed by atoms with Gasteiger partial charge in [0.05, 0.1) is 11.6 Å². The van der Waals surface area contributed by atoms with Crippen LogP contribution >= 0.6 is 12.4 Å². The molecule has 1 aromatic rings. The van der Waals surface area contributed by atoms with E-state index in [4.69, 9.17) is 5.73 Å². The molecule has 0 spiro atoms. The molecule has 0 bridgehead atoms. The lowest BCUT2D eigenvalue weighted by Gasteiger charge is -2.31. The van der Waals surface area contributed by atoms with Gasteiger partial charge in [0.2, 0.25) is 11.8 Å². The molecule has 5 nitrogen and oxygen atoms in total. The number of fused-ring (bicyclic) bond motifs is 1. The highest BCUT2D eigenvalue weighted by Gasteiger charge is 2.50. The van der Waals surface area contributed by atoms with E-state index in [1.165, 1.54) is 0 Å². The van der Waals surface area contributed by atoms with Crippen LogP contribution in [0.3, 0.4) is 0 Å². The van der Waals surface area contributed by atoms with E-state index in [-0.39, 0.29) is 36.2 Å². The number of carbonyl (C=O) groups excluding carboxylic acids is 2. The van der Waals surface area contributed by atoms with E-state index in [2.05, 4.69) is 12.1 Å². The highest BCUT2D eigenvalue weighted by atomic mass is 35.5. The van der Waals surface area contributed by atoms with Gasteiger partial charge in [0.25, 0.3) is 0 Å². The van der Waals surface area contributed by atoms with Gasteiger partial charge in [-0.3, -0.25) is 9.59 Å². The van der Waals surface area contributed by atoms with E-state index in [1.54, 1.807) is 20.8 Å². The fourth-order valence-corrected chi connectivity index (χ4v) is 4.02. The molecule has 0 aliphatic carbocycles. The van der Waals surface area contributed by atoms with Gasteiger partial charge in [-0.15, -0.1) is 12.4 Å². The van der Waals surface area contributed by atoms with Crippen molar-refractivity contribution < 1.29 is 9.59 Å². The van der Waals surface area contributed by atoms with Gasteiger partial charge in [0.1, 0.15) is 0 Å². The Hall–Kier alpha value is -1.59. The molecule has 2 aliphatic rings. The van der Waals surface area contributed by atoms with Crippen molar-refractivity contribution in [2.45, 2.75) is 32.4 Å². The Morgan fingerprint density at radius 1 is 1.12 bits per heavy atom. The maximum Gasteiger partial charge on any atom is 0.242 e. The standard InChI is InChI=1S/C18H25N3O2.ClH/c1-12(22)21-10-14-9-20(17(23)18(2,3)19)11-15(14)16(21)13-7-5-4-6-8-13;/h4-8,14-16H,9-11,19H2,1-3H3;1H/t14-,15-,16-;/m1./s1. The second-order valence-corrected chi connectivity index (χ2v) is 7.38. The Kier molecular flexibility index (Phi) is 5.25. The fourth-order valence-electron chi connectivity index (χ4n) is 4.02. The van der Waals surface area contributed by atoms with E-state index in [9.17, 15) is 9.59 Å². The van der Waals surface area contributed by atoms with Crippen LogP contribution in [0.5, 0.6) is 0 Å². The molecular weight excluding hydrogens is 326 g/mol. The molecule has 2 fully saturated rings. The van der Waals surface area contributed by atoms with Gasteiger partial charge in [0.15, 0.2) is 0 Å². The minimum Gasteiger partial charge on any atom is -0.340 e. The zero-order chi connectivity index (χ0) is 16.8. The summed E-state index contributed by atoms with van der Waals surface area (Å²) in [4.78, 5) is 28.4. The molecule has 6 heteroatoms. The third kappa shape index (κ3) is 3.28. The first-order valence-electron chi connectivity index (χ1n) is 8.19. The molecule has 2 N–H and O–H groups in total. The molecule has 0 aromatic heterocycles. The first-order chi connectivity index (χ1) is 10.8. The molecule has 24 heavy (non-hydrogen) atoms. The number of hydrogen-bond donors (Lipinski definition) is 1. The number of rotatable bonds is 2. The van der Waals surface area contributed by atoms with Gasteiger partial charge < -0.3 is 15.5 Å². The summed E-state index contributed by atoms with van der Waals surface area (Å²) in [6.07, 6.45) is 0. The van der Waals surface area contributed by atoms with Gasteiger partial charge in [-0.1, -0.05) is 30.3 Å². The summed E-state index contributed by atoms with van der Waals surface area (Å²) in [5.41, 5.74) is 6.28. The van der Waals surface area contributed by atoms with Crippen molar-refractivity contribution in [3.63, 3.8) is 0 Å². The molecule has 2 saturated heterocycles. The topological polar surface area (TPSA) is 66.6 Å². The molecule has 2 amide bonds. The molecule has 0 radical (unpaired) electrons. The minimum atomic E-state index is -0.846. The van der Waals surface area contributed by atoms with Crippen molar-refractivity contribution in [2.24, 2.45) is 17.6 Å². The van der Waals surface area contributed by atoms with Crippen LogP contribution in [0.25, 0.3) is 0 Å². The average molecular weight is 352 g/mol. The van der Waals surface area contributed by atoms with Crippen molar-refractivity contribution in [2.75, 3.05) is 19.6 Å². The van der Waals surface area contributed by atoms with Gasteiger partial charge in [-0.05, 0) is 19.4 Å². The van der Waals surface area contributed by atoms with Gasteiger partial charge in [0, 0.05) is 38.4 Å². The normalized spacial score (nSPS) is 26.1. The van der Waals surface area contributed by atoms with E-state index < -0.39 is 5.54 Å². The quantitative estimate of drug-likeness (QED) is 0.883. The molecule has 1 aromatic carbocycles. The summed E-state index contributed by atoms with van der Waals surface area (Å²) in [7, 11) is 0. The van der Waals surface area contributed by atoms with Crippen LogP contribution < -0.4 is 5.73 Å². The Labute approximate surface area is 149 Å². The highest BCUT2D eigenvalue weighted by molar-refractivity contribution is 5.86. The first kappa shape index (κ1) is 18.7. The maximum atomic E-state index is 12.5. The molecule has 0 unspecified atom stereocenters. The molecule has 2 heterocycles. The van der Waals surface area contributed by atoms with Crippen molar-refractivity contribution in [3.8, 4) is 0 Å². The Morgan fingerprint density at radius 2 is 1.75 bits per heavy atom. The van der Waals surface area contributed by atoms with Crippen molar-refractivity contribution in [1.29, 1.82) is 0 Å². The summed E-state index contributed by atoms with van der Waals surface area (Å²) >= 11 is 0. The first-order valence-corrected chi connectivity index (χ1v) is 8.19. The Morgan fingerprint density at radius 3 is 2.29 bits per heavy atom. The van der Waals surface area contributed by atoms with Crippen LogP contribution in [-0.2, 0) is 9.59 Å². The summed E-state index contributed by atoms with van der Waals surface area (Å²) in [5.74, 6) is 0.710. The largest absolute Gasteiger partial charge is 0.340 e. The lowest BCUT2D eigenvalue weighted by atomic mass is 9.89. The molecule has 0 saturated carbocycles. The zero-order valence-corrected chi connectivity index (χ0v) is 15.3. The van der Waals surface area contributed by atoms with E-state index >= 15 is 0 Å². The molecular formula is C18H26ClN3O2. The SMILES string of the molecule is CC(=O)N1C[C@H]2CN(C(=O)C(C)(C)N)C[C@H]2[C@H]1c1ccccc1.Cl. The highest BCUT2D eigenvalue weighted by Crippen LogP contribution is 2.45. The average Bonchev–Trinajstić information content (AvgIpc) is 3.03. The second kappa shape index (κ2) is 6.73. The van der Waals surface area contributed by atoms with E-state index in [0.29, 0.717) is 25.6 Å². The van der Waals surface area contributed by atoms with Gasteiger partial charge >= 0.3 is 0 Å². The predicted octanol–water partition coefficient (Wildman–Crippen LogP) is 1.82. The number of hydrogen-bond acceptors (Lipinski definition) is 3. The number of amides is 2. The number of carbonyl (C=O) groups is 2. The van der Waals surface area contributed by atoms with Crippen LogP contribution in [0.15, 0.2) is 30.3 Å². The number of nitrogens with zero attached hydrogens (tertiary/aromatic N) is 2. The number of benzene rings is 1. The van der Waals surface area contributed by atoms with Crippen LogP contribution in [0, 0.1) is 11.8 Å². The van der Waals surface area contributed by atoms with Crippen molar-refractivity contribution >= 4 is 24.2 Å². The summed E-state index contributed by atoms with van der Waals surface area (Å²) < 4.78 is 0. The van der Waals surface area contributed by atoms with E-state index in [0.717, 1.165) is 5.56 Å². The summed E-state index contributed by atoms with van der Waals surface area (Å²) in [6.45, 7) is 7.21. The van der Waals surface area contributed by atoms with Crippen molar-refractivity contribution in [3.05, 3.63) is 35.9 Å². The maximum absolute atomic E-state index is 12.5. The van der Waals surface area contributed by atoms with Crippen LogP contribution in [0.1, 0.15) is 32.4 Å². The van der Waals surface area contributed by atoms with Crippen LogP contribution in [0.4, 0.5) is 0 Å². The molecule has 132 valence electrons. The van der Waals surface area contributed by atoms with Gasteiger partial charge in [-0.2, -0.15) is 0 Å². The Bertz CT molecular complexity index is 614. The Balaban J connectivity index is 0.00000208. The minimum absolute atomic E-state index is 0. The summed E-state index contributed by atoms with van der Waals surface area (Å²) in [5, 5.41) is 0. The smallest absolute Gasteiger partial charge is 0.242 e. The predicted molar refractivity (Wildman–Crippen MR) is 95.6 cm³/mol. The summed E-state index contributed by atoms with van der Waals surface area (Å²) in [6, 6.07) is 10.2. The number of likely N-dealkylation sites (tertiary alicyclic amines) is 2. The van der Waals surface area contributed by atoms with Gasteiger partial charge in [-0.25, -0.2) is 0 Å². The number of nitrogens with two attached hydrogens (primary N) is 1. The monoisotopic (exact) mass is 351 g/mol. The van der Waals surface area contributed by atoms with Crippen LogP contribution in [0.2, 0.25) is 0 Å². The third-order valence-corrected chi connectivity index (χ3v) is 5.05. The lowest BCUT2D eigenvalue weighted by Crippen LogP contribution is -2.51. The fraction of sp³-hybridized carbons (Fsp3) is 0.556. The zero-order valence-electron chi connectivity index (χ0n) is 14.4. The molecule has 3 rings (SSSR count). The lowest BCUT2D eigenvalue weighted by molar-refractivity contribution is -0.135. The second-order valence-electron chi connectivity index (χ2n) is 7.38. The van der Waals surface area contributed by atoms with Crippen LogP contribution in [-0.4, -0.2) is 46.8 Å².